The van der Waals surface area contributed by atoms with Crippen LogP contribution in [0.3, 0.4) is 0 Å². The van der Waals surface area contributed by atoms with Gasteiger partial charge in [-0.15, -0.1) is 0 Å². The summed E-state index contributed by atoms with van der Waals surface area (Å²) >= 11 is 0. The lowest BCUT2D eigenvalue weighted by atomic mass is 9.68. The van der Waals surface area contributed by atoms with E-state index in [1.165, 1.54) is 0 Å². The van der Waals surface area contributed by atoms with Crippen LogP contribution in [0.4, 0.5) is 14.5 Å². The van der Waals surface area contributed by atoms with Gasteiger partial charge in [-0.2, -0.15) is 5.26 Å². The average Bonchev–Trinajstić information content (AvgIpc) is 2.88. The van der Waals surface area contributed by atoms with E-state index in [0.29, 0.717) is 44.0 Å². The molecule has 1 aromatic heterocycles. The van der Waals surface area contributed by atoms with Crippen molar-refractivity contribution in [2.45, 2.75) is 18.5 Å². The summed E-state index contributed by atoms with van der Waals surface area (Å²) in [6.45, 7) is 2.18. The van der Waals surface area contributed by atoms with E-state index in [1.807, 2.05) is 25.2 Å². The minimum Gasteiger partial charge on any atom is -0.383 e. The minimum absolute atomic E-state index is 0.131. The third kappa shape index (κ3) is 4.87. The van der Waals surface area contributed by atoms with E-state index in [1.54, 1.807) is 23.2 Å². The highest BCUT2D eigenvalue weighted by Gasteiger charge is 2.54. The molecule has 2 bridgehead atoms. The molecule has 0 saturated carbocycles. The second-order valence-electron chi connectivity index (χ2n) is 10.2. The van der Waals surface area contributed by atoms with Crippen molar-refractivity contribution in [2.24, 2.45) is 17.6 Å². The van der Waals surface area contributed by atoms with Crippen molar-refractivity contribution >= 4 is 5.69 Å². The number of nitrogens with two attached hydrogens (primary N) is 1. The molecule has 8 nitrogen and oxygen atoms in total. The third-order valence-electron chi connectivity index (χ3n) is 7.65. The number of fused-ring (bicyclic) bond motifs is 2. The van der Waals surface area contributed by atoms with Gasteiger partial charge in [0.2, 0.25) is 0 Å². The Labute approximate surface area is 219 Å². The van der Waals surface area contributed by atoms with Gasteiger partial charge in [-0.05, 0) is 36.9 Å². The molecule has 2 aromatic carbocycles. The topological polar surface area (TPSA) is 122 Å². The van der Waals surface area contributed by atoms with E-state index in [9.17, 15) is 24.3 Å². The maximum atomic E-state index is 13.6. The lowest BCUT2D eigenvalue weighted by Crippen LogP contribution is -2.67. The fourth-order valence-electron chi connectivity index (χ4n) is 5.82. The number of benzene rings is 2. The Hall–Kier alpha value is -3.46. The number of aliphatic hydroxyl groups excluding tert-OH is 1. The summed E-state index contributed by atoms with van der Waals surface area (Å²) in [5, 5.41) is 35.3. The molecule has 3 atom stereocenters. The van der Waals surface area contributed by atoms with Gasteiger partial charge in [0.05, 0.1) is 17.3 Å². The van der Waals surface area contributed by atoms with Gasteiger partial charge >= 0.3 is 0 Å². The monoisotopic (exact) mass is 520 g/mol. The Morgan fingerprint density at radius 2 is 1.79 bits per heavy atom. The Morgan fingerprint density at radius 3 is 2.37 bits per heavy atom. The Kier molecular flexibility index (Phi) is 7.13. The number of aromatic nitrogens is 1. The SMILES string of the molecule is CN1CC2CN(C(O)Nc3cc(F)cc(F)c3)CC(C1)C2(O)c1ccc(-c2ccc(CN)cc2C#N)cn1. The first-order valence-corrected chi connectivity index (χ1v) is 12.5. The first kappa shape index (κ1) is 26.2. The highest BCUT2D eigenvalue weighted by atomic mass is 19.1. The number of rotatable bonds is 6. The first-order chi connectivity index (χ1) is 18.2. The van der Waals surface area contributed by atoms with Crippen molar-refractivity contribution in [1.82, 2.24) is 14.8 Å². The number of piperidine rings is 2. The van der Waals surface area contributed by atoms with Crippen LogP contribution in [0, 0.1) is 34.8 Å². The van der Waals surface area contributed by atoms with E-state index >= 15 is 0 Å². The number of halogens is 2. The quantitative estimate of drug-likeness (QED) is 0.366. The summed E-state index contributed by atoms with van der Waals surface area (Å²) in [6.07, 6.45) is 0.483. The van der Waals surface area contributed by atoms with Crippen molar-refractivity contribution < 1.29 is 19.0 Å². The van der Waals surface area contributed by atoms with Crippen molar-refractivity contribution in [1.29, 1.82) is 5.26 Å². The molecule has 2 fully saturated rings. The predicted octanol–water partition coefficient (Wildman–Crippen LogP) is 2.43. The Balaban J connectivity index is 1.38. The van der Waals surface area contributed by atoms with Gasteiger partial charge in [0.15, 0.2) is 6.35 Å². The largest absolute Gasteiger partial charge is 0.383 e. The van der Waals surface area contributed by atoms with Gasteiger partial charge in [-0.25, -0.2) is 8.78 Å². The normalized spacial score (nSPS) is 24.6. The zero-order valence-electron chi connectivity index (χ0n) is 21.0. The van der Waals surface area contributed by atoms with Crippen LogP contribution in [-0.2, 0) is 12.1 Å². The lowest BCUT2D eigenvalue weighted by Gasteiger charge is -2.55. The van der Waals surface area contributed by atoms with Crippen molar-refractivity contribution in [3.8, 4) is 17.2 Å². The van der Waals surface area contributed by atoms with Gasteiger partial charge < -0.3 is 26.2 Å². The van der Waals surface area contributed by atoms with Crippen LogP contribution in [0.2, 0.25) is 0 Å². The van der Waals surface area contributed by atoms with Gasteiger partial charge in [-0.1, -0.05) is 18.2 Å². The molecule has 198 valence electrons. The molecule has 2 saturated heterocycles. The third-order valence-corrected chi connectivity index (χ3v) is 7.65. The fourth-order valence-corrected chi connectivity index (χ4v) is 5.82. The number of nitrogens with zero attached hydrogens (tertiary/aromatic N) is 4. The zero-order valence-corrected chi connectivity index (χ0v) is 21.0. The maximum absolute atomic E-state index is 13.6. The van der Waals surface area contributed by atoms with E-state index in [4.69, 9.17) is 5.73 Å². The Bertz CT molecular complexity index is 1330. The van der Waals surface area contributed by atoms with E-state index in [2.05, 4.69) is 21.3 Å². The van der Waals surface area contributed by atoms with Gasteiger partial charge in [-0.3, -0.25) is 9.88 Å². The summed E-state index contributed by atoms with van der Waals surface area (Å²) < 4.78 is 27.2. The van der Waals surface area contributed by atoms with Crippen molar-refractivity contribution in [3.05, 3.63) is 83.2 Å². The molecule has 5 N–H and O–H groups in total. The van der Waals surface area contributed by atoms with Crippen LogP contribution in [0.15, 0.2) is 54.7 Å². The zero-order chi connectivity index (χ0) is 27.0. The highest BCUT2D eigenvalue weighted by Crippen LogP contribution is 2.45. The van der Waals surface area contributed by atoms with Crippen LogP contribution in [0.5, 0.6) is 0 Å². The van der Waals surface area contributed by atoms with Crippen LogP contribution in [-0.4, -0.2) is 64.6 Å². The maximum Gasteiger partial charge on any atom is 0.184 e. The molecule has 0 spiro atoms. The molecule has 3 aromatic rings. The molecule has 10 heteroatoms. The molecule has 0 amide bonds. The van der Waals surface area contributed by atoms with Crippen LogP contribution < -0.4 is 11.1 Å². The van der Waals surface area contributed by atoms with Crippen LogP contribution in [0.25, 0.3) is 11.1 Å². The molecule has 38 heavy (non-hydrogen) atoms. The molecule has 0 radical (unpaired) electrons. The van der Waals surface area contributed by atoms with E-state index < -0.39 is 23.6 Å². The number of pyridine rings is 1. The number of aliphatic hydroxyl groups is 2. The summed E-state index contributed by atoms with van der Waals surface area (Å²) in [7, 11) is 1.99. The van der Waals surface area contributed by atoms with Crippen molar-refractivity contribution in [2.75, 3.05) is 38.5 Å². The molecule has 0 aliphatic carbocycles. The van der Waals surface area contributed by atoms with Crippen molar-refractivity contribution in [3.63, 3.8) is 0 Å². The van der Waals surface area contributed by atoms with Gasteiger partial charge in [0, 0.05) is 73.6 Å². The first-order valence-electron chi connectivity index (χ1n) is 12.5. The molecule has 5 rings (SSSR count). The number of likely N-dealkylation sites (tertiary alicyclic amines) is 2. The standard InChI is InChI=1S/C28H30F2N6O2/c1-35-13-20-15-36(27(37)34-24-8-22(29)7-23(30)9-24)16-21(14-35)28(20,38)26-5-3-18(12-33-26)25-4-2-17(10-31)6-19(25)11-32/h2-9,12,20-21,27,34,37-38H,10,13-16,31H2,1H3. The second kappa shape index (κ2) is 10.4. The average molecular weight is 521 g/mol. The summed E-state index contributed by atoms with van der Waals surface area (Å²) in [5.74, 6) is -2.04. The molecule has 2 aliphatic rings. The Morgan fingerprint density at radius 1 is 1.11 bits per heavy atom. The lowest BCUT2D eigenvalue weighted by molar-refractivity contribution is -0.182. The fraction of sp³-hybridized carbons (Fsp3) is 0.357. The number of nitriles is 1. The number of nitrogens with one attached hydrogen (secondary N) is 1. The predicted molar refractivity (Wildman–Crippen MR) is 138 cm³/mol. The molecular formula is C28H30F2N6O2. The summed E-state index contributed by atoms with van der Waals surface area (Å²) in [4.78, 5) is 8.57. The minimum atomic E-state index is -1.23. The van der Waals surface area contributed by atoms with Crippen LogP contribution in [0.1, 0.15) is 16.8 Å². The highest BCUT2D eigenvalue weighted by molar-refractivity contribution is 5.70. The molecule has 3 heterocycles. The van der Waals surface area contributed by atoms with E-state index in [-0.39, 0.29) is 17.5 Å². The molecular weight excluding hydrogens is 490 g/mol. The number of hydrogen-bond acceptors (Lipinski definition) is 8. The summed E-state index contributed by atoms with van der Waals surface area (Å²) in [5.41, 5.74) is 8.03. The molecule has 3 unspecified atom stereocenters. The number of hydrogen-bond donors (Lipinski definition) is 4. The second-order valence-corrected chi connectivity index (χ2v) is 10.2. The molecule has 2 aliphatic heterocycles. The van der Waals surface area contributed by atoms with E-state index in [0.717, 1.165) is 34.9 Å². The van der Waals surface area contributed by atoms with Gasteiger partial charge in [0.1, 0.15) is 17.2 Å². The number of anilines is 1. The summed E-state index contributed by atoms with van der Waals surface area (Å²) in [6, 6.07) is 14.4. The van der Waals surface area contributed by atoms with Crippen LogP contribution >= 0.6 is 0 Å². The smallest absolute Gasteiger partial charge is 0.184 e. The van der Waals surface area contributed by atoms with Gasteiger partial charge in [0.25, 0.3) is 0 Å².